The first-order valence-corrected chi connectivity index (χ1v) is 29.4. The van der Waals surface area contributed by atoms with Crippen molar-refractivity contribution in [3.05, 3.63) is 319 Å². The van der Waals surface area contributed by atoms with E-state index in [4.69, 9.17) is 0 Å². The second kappa shape index (κ2) is 21.6. The molecule has 0 N–H and O–H groups in total. The minimum atomic E-state index is -0.438. The minimum absolute atomic E-state index is 0.438. The lowest BCUT2D eigenvalue weighted by Crippen LogP contribution is -2.27. The molecule has 15 rings (SSSR count). The molecule has 11 aromatic carbocycles. The Balaban J connectivity index is 0.00000151. The number of benzene rings is 11. The van der Waals surface area contributed by atoms with E-state index in [-0.39, 0.29) is 0 Å². The van der Waals surface area contributed by atoms with Crippen LogP contribution in [-0.4, -0.2) is 4.57 Å². The molecule has 81 heavy (non-hydrogen) atoms. The first kappa shape index (κ1) is 50.9. The average molecular weight is 1060 g/mol. The summed E-state index contributed by atoms with van der Waals surface area (Å²) in [5.74, 6) is 0. The van der Waals surface area contributed by atoms with Gasteiger partial charge in [0.25, 0.3) is 0 Å². The SMILES string of the molecule is C=C/C=C(\C=C1/Cc2ccccc2C12c1ccccc1-c1ccccc12)N(c1ccc(-c2ccccc2)cc1)c1cccc(-c2ccc(-c3ccc4c(c3)c3ccccc3n4-c3cccc4sc5ccccc5c34)cc2)c1.CC.CC. The van der Waals surface area contributed by atoms with Gasteiger partial charge in [-0.2, -0.15) is 0 Å². The fourth-order valence-corrected chi connectivity index (χ4v) is 14.1. The summed E-state index contributed by atoms with van der Waals surface area (Å²) in [6, 6.07) is 96.3. The number of thiophene rings is 1. The van der Waals surface area contributed by atoms with Crippen LogP contribution < -0.4 is 4.90 Å². The van der Waals surface area contributed by atoms with Gasteiger partial charge in [-0.3, -0.25) is 0 Å². The number of para-hydroxylation sites is 1. The Labute approximate surface area is 480 Å². The van der Waals surface area contributed by atoms with Crippen molar-refractivity contribution in [1.82, 2.24) is 4.57 Å². The molecule has 0 saturated carbocycles. The lowest BCUT2D eigenvalue weighted by Gasteiger charge is -2.33. The van der Waals surface area contributed by atoms with Gasteiger partial charge in [-0.1, -0.05) is 241 Å². The number of aromatic nitrogens is 1. The Bertz CT molecular complexity index is 4500. The van der Waals surface area contributed by atoms with E-state index in [1.165, 1.54) is 109 Å². The minimum Gasteiger partial charge on any atom is -0.310 e. The van der Waals surface area contributed by atoms with Crippen LogP contribution in [0.2, 0.25) is 0 Å². The Morgan fingerprint density at radius 3 is 1.70 bits per heavy atom. The molecule has 2 aliphatic rings. The van der Waals surface area contributed by atoms with Crippen LogP contribution in [-0.2, 0) is 11.8 Å². The van der Waals surface area contributed by atoms with E-state index in [0.717, 1.165) is 34.6 Å². The van der Waals surface area contributed by atoms with Gasteiger partial charge in [0.15, 0.2) is 0 Å². The zero-order valence-electron chi connectivity index (χ0n) is 46.3. The van der Waals surface area contributed by atoms with Crippen molar-refractivity contribution in [1.29, 1.82) is 0 Å². The highest BCUT2D eigenvalue weighted by Gasteiger charge is 2.51. The molecule has 2 heterocycles. The van der Waals surface area contributed by atoms with E-state index in [9.17, 15) is 0 Å². The molecule has 0 fully saturated rings. The predicted molar refractivity (Wildman–Crippen MR) is 350 cm³/mol. The van der Waals surface area contributed by atoms with Crippen LogP contribution in [0.15, 0.2) is 297 Å². The van der Waals surface area contributed by atoms with Gasteiger partial charge < -0.3 is 9.47 Å². The van der Waals surface area contributed by atoms with Crippen molar-refractivity contribution in [2.24, 2.45) is 0 Å². The van der Waals surface area contributed by atoms with Gasteiger partial charge in [-0.15, -0.1) is 11.3 Å². The number of allylic oxidation sites excluding steroid dienone is 4. The van der Waals surface area contributed by atoms with Crippen molar-refractivity contribution in [3.8, 4) is 50.2 Å². The summed E-state index contributed by atoms with van der Waals surface area (Å²) in [5, 5.41) is 5.11. The van der Waals surface area contributed by atoms with Crippen molar-refractivity contribution >= 4 is 64.7 Å². The summed E-state index contributed by atoms with van der Waals surface area (Å²) in [5.41, 5.74) is 22.8. The highest BCUT2D eigenvalue weighted by atomic mass is 32.1. The van der Waals surface area contributed by atoms with Crippen LogP contribution in [0.25, 0.3) is 92.2 Å². The highest BCUT2D eigenvalue weighted by Crippen LogP contribution is 2.61. The second-order valence-corrected chi connectivity index (χ2v) is 21.5. The van der Waals surface area contributed by atoms with Gasteiger partial charge in [-0.25, -0.2) is 0 Å². The summed E-state index contributed by atoms with van der Waals surface area (Å²) < 4.78 is 5.09. The average Bonchev–Trinajstić information content (AvgIpc) is 4.30. The van der Waals surface area contributed by atoms with Crippen molar-refractivity contribution in [3.63, 3.8) is 0 Å². The molecule has 390 valence electrons. The van der Waals surface area contributed by atoms with Crippen LogP contribution in [0.5, 0.6) is 0 Å². The molecule has 0 amide bonds. The van der Waals surface area contributed by atoms with Gasteiger partial charge in [0, 0.05) is 48.0 Å². The summed E-state index contributed by atoms with van der Waals surface area (Å²) in [7, 11) is 0. The highest BCUT2D eigenvalue weighted by molar-refractivity contribution is 7.25. The molecule has 0 atom stereocenters. The van der Waals surface area contributed by atoms with E-state index >= 15 is 0 Å². The Hall–Kier alpha value is -9.54. The molecule has 2 aromatic heterocycles. The molecule has 2 aliphatic carbocycles. The smallest absolute Gasteiger partial charge is 0.0683 e. The van der Waals surface area contributed by atoms with E-state index in [2.05, 4.69) is 289 Å². The number of fused-ring (bicyclic) bond motifs is 13. The van der Waals surface area contributed by atoms with E-state index in [1.807, 2.05) is 45.1 Å². The third-order valence-corrected chi connectivity index (χ3v) is 17.4. The zero-order valence-corrected chi connectivity index (χ0v) is 47.1. The molecule has 0 unspecified atom stereocenters. The van der Waals surface area contributed by atoms with Crippen molar-refractivity contribution < 1.29 is 0 Å². The zero-order chi connectivity index (χ0) is 55.0. The van der Waals surface area contributed by atoms with Gasteiger partial charge >= 0.3 is 0 Å². The fraction of sp³-hybridized carbons (Fsp3) is 0.0769. The number of anilines is 2. The van der Waals surface area contributed by atoms with Crippen LogP contribution in [0.3, 0.4) is 0 Å². The maximum absolute atomic E-state index is 4.33. The predicted octanol–water partition coefficient (Wildman–Crippen LogP) is 21.9. The standard InChI is InChI=1S/C74H50N2S.2C2H6/c1-2-18-58(48-56-45-55-21-6-11-28-65(55)74(56)66-29-12-7-24-60(66)61-25-8-13-30-67(61)74)75(57-42-39-50(40-43-57)49-19-4-3-5-20-49)59-23-16-22-53(46-59)51-35-37-52(38-36-51)54-41-44-69-64(47-54)62-26-9-14-31-68(62)76(69)70-32-17-34-72-73(70)63-27-10-15-33-71(63)77-72;2*1-2/h2-44,46-48H,1,45H2;2*1-2H3/b56-48+,58-18+;;. The van der Waals surface area contributed by atoms with Crippen molar-refractivity contribution in [2.75, 3.05) is 4.90 Å². The monoisotopic (exact) mass is 1060 g/mol. The van der Waals surface area contributed by atoms with Crippen LogP contribution in [0, 0.1) is 0 Å². The number of hydrogen-bond donors (Lipinski definition) is 0. The topological polar surface area (TPSA) is 8.17 Å². The van der Waals surface area contributed by atoms with Crippen LogP contribution >= 0.6 is 11.3 Å². The molecular weight excluding hydrogens is 997 g/mol. The summed E-state index contributed by atoms with van der Waals surface area (Å²) >= 11 is 1.87. The van der Waals surface area contributed by atoms with E-state index < -0.39 is 5.41 Å². The lowest BCUT2D eigenvalue weighted by atomic mass is 9.70. The molecule has 0 aliphatic heterocycles. The maximum Gasteiger partial charge on any atom is 0.0683 e. The van der Waals surface area contributed by atoms with Crippen molar-refractivity contribution in [2.45, 2.75) is 39.5 Å². The largest absolute Gasteiger partial charge is 0.310 e. The normalized spacial score (nSPS) is 13.4. The summed E-state index contributed by atoms with van der Waals surface area (Å²) in [4.78, 5) is 2.41. The fourth-order valence-electron chi connectivity index (χ4n) is 13.0. The molecule has 0 bridgehead atoms. The molecule has 3 heteroatoms. The third kappa shape index (κ3) is 8.47. The van der Waals surface area contributed by atoms with Gasteiger partial charge in [0.2, 0.25) is 0 Å². The lowest BCUT2D eigenvalue weighted by molar-refractivity contribution is 0.770. The Kier molecular flexibility index (Phi) is 13.6. The molecular formula is C78H62N2S. The van der Waals surface area contributed by atoms with Gasteiger partial charge in [-0.05, 0) is 152 Å². The van der Waals surface area contributed by atoms with Gasteiger partial charge in [0.1, 0.15) is 0 Å². The van der Waals surface area contributed by atoms with E-state index in [0.29, 0.717) is 0 Å². The molecule has 0 saturated heterocycles. The molecule has 0 radical (unpaired) electrons. The Morgan fingerprint density at radius 2 is 0.975 bits per heavy atom. The number of nitrogens with zero attached hydrogens (tertiary/aromatic N) is 2. The quantitative estimate of drug-likeness (QED) is 0.131. The van der Waals surface area contributed by atoms with Gasteiger partial charge in [0.05, 0.1) is 22.1 Å². The summed E-state index contributed by atoms with van der Waals surface area (Å²) in [6.07, 6.45) is 7.42. The maximum atomic E-state index is 4.33. The number of hydrogen-bond acceptors (Lipinski definition) is 2. The first-order valence-electron chi connectivity index (χ1n) is 28.6. The van der Waals surface area contributed by atoms with Crippen LogP contribution in [0.1, 0.15) is 49.9 Å². The van der Waals surface area contributed by atoms with E-state index in [1.54, 1.807) is 0 Å². The van der Waals surface area contributed by atoms with Crippen LogP contribution in [0.4, 0.5) is 11.4 Å². The molecule has 1 spiro atoms. The molecule has 2 nitrogen and oxygen atoms in total. The summed E-state index contributed by atoms with van der Waals surface area (Å²) in [6.45, 7) is 12.3. The third-order valence-electron chi connectivity index (χ3n) is 16.3. The number of rotatable bonds is 9. The molecule has 13 aromatic rings. The Morgan fingerprint density at radius 1 is 0.444 bits per heavy atom. The second-order valence-electron chi connectivity index (χ2n) is 20.4. The first-order chi connectivity index (χ1) is 40.1.